The summed E-state index contributed by atoms with van der Waals surface area (Å²) >= 11 is 4.61. The zero-order valence-corrected chi connectivity index (χ0v) is 7.81. The molecule has 0 spiro atoms. The van der Waals surface area contributed by atoms with Crippen LogP contribution >= 0.6 is 11.6 Å². The lowest BCUT2D eigenvalue weighted by atomic mass is 10.2. The van der Waals surface area contributed by atoms with Crippen LogP contribution in [0.15, 0.2) is 24.3 Å². The minimum atomic E-state index is -3.63. The maximum atomic E-state index is 12.2. The summed E-state index contributed by atoms with van der Waals surface area (Å²) in [6.45, 7) is 1.93. The highest BCUT2D eigenvalue weighted by atomic mass is 35.5. The SMILES string of the molecule is CCc1cccc(OC(F)(F)Cl)c1. The molecule has 0 atom stereocenters. The second-order valence-corrected chi connectivity index (χ2v) is 2.99. The van der Waals surface area contributed by atoms with Crippen LogP contribution in [-0.2, 0) is 6.42 Å². The van der Waals surface area contributed by atoms with Crippen molar-refractivity contribution in [2.75, 3.05) is 0 Å². The first-order chi connectivity index (χ1) is 6.01. The van der Waals surface area contributed by atoms with Gasteiger partial charge in [-0.25, -0.2) is 0 Å². The molecule has 0 aliphatic heterocycles. The maximum Gasteiger partial charge on any atom is 0.487 e. The van der Waals surface area contributed by atoms with Gasteiger partial charge in [-0.3, -0.25) is 0 Å². The summed E-state index contributed by atoms with van der Waals surface area (Å²) in [6, 6.07) is 6.46. The van der Waals surface area contributed by atoms with Gasteiger partial charge in [0, 0.05) is 11.6 Å². The Morgan fingerprint density at radius 2 is 2.15 bits per heavy atom. The van der Waals surface area contributed by atoms with Crippen LogP contribution in [-0.4, -0.2) is 5.57 Å². The molecule has 1 nitrogen and oxygen atoms in total. The van der Waals surface area contributed by atoms with Crippen molar-refractivity contribution in [1.82, 2.24) is 0 Å². The van der Waals surface area contributed by atoms with Crippen LogP contribution in [0.4, 0.5) is 8.78 Å². The van der Waals surface area contributed by atoms with Gasteiger partial charge in [0.1, 0.15) is 5.75 Å². The summed E-state index contributed by atoms with van der Waals surface area (Å²) in [5.74, 6) is 0.0827. The van der Waals surface area contributed by atoms with Gasteiger partial charge >= 0.3 is 5.57 Å². The van der Waals surface area contributed by atoms with E-state index in [9.17, 15) is 8.78 Å². The molecule has 72 valence electrons. The minimum Gasteiger partial charge on any atom is -0.420 e. The Labute approximate surface area is 80.3 Å². The smallest absolute Gasteiger partial charge is 0.420 e. The molecular weight excluding hydrogens is 198 g/mol. The summed E-state index contributed by atoms with van der Waals surface area (Å²) in [7, 11) is 0. The van der Waals surface area contributed by atoms with Gasteiger partial charge in [0.25, 0.3) is 0 Å². The van der Waals surface area contributed by atoms with Crippen LogP contribution in [0.2, 0.25) is 0 Å². The molecule has 0 unspecified atom stereocenters. The number of rotatable bonds is 3. The van der Waals surface area contributed by atoms with E-state index in [1.54, 1.807) is 6.07 Å². The third-order valence-corrected chi connectivity index (χ3v) is 1.62. The first-order valence-electron chi connectivity index (χ1n) is 3.86. The number of alkyl halides is 3. The molecule has 0 N–H and O–H groups in total. The quantitative estimate of drug-likeness (QED) is 0.689. The molecule has 0 amide bonds. The topological polar surface area (TPSA) is 9.23 Å². The van der Waals surface area contributed by atoms with Gasteiger partial charge in [0.15, 0.2) is 0 Å². The van der Waals surface area contributed by atoms with Crippen LogP contribution in [0.3, 0.4) is 0 Å². The molecule has 0 aliphatic rings. The molecule has 1 aromatic rings. The predicted molar refractivity (Wildman–Crippen MR) is 47.2 cm³/mol. The molecular formula is C9H9ClF2O. The average molecular weight is 207 g/mol. The fourth-order valence-corrected chi connectivity index (χ4v) is 1.05. The number of halogens is 3. The van der Waals surface area contributed by atoms with E-state index in [1.165, 1.54) is 12.1 Å². The summed E-state index contributed by atoms with van der Waals surface area (Å²) < 4.78 is 28.6. The first kappa shape index (κ1) is 10.3. The normalized spacial score (nSPS) is 11.4. The van der Waals surface area contributed by atoms with Crippen molar-refractivity contribution in [3.63, 3.8) is 0 Å². The largest absolute Gasteiger partial charge is 0.487 e. The van der Waals surface area contributed by atoms with Gasteiger partial charge in [-0.2, -0.15) is 0 Å². The van der Waals surface area contributed by atoms with E-state index in [0.717, 1.165) is 12.0 Å². The standard InChI is InChI=1S/C9H9ClF2O/c1-2-7-4-3-5-8(6-7)13-9(10,11)12/h3-6H,2H2,1H3. The predicted octanol–water partition coefficient (Wildman–Crippen LogP) is 3.42. The lowest BCUT2D eigenvalue weighted by Crippen LogP contribution is -2.15. The number of hydrogen-bond donors (Lipinski definition) is 0. The van der Waals surface area contributed by atoms with Crippen molar-refractivity contribution < 1.29 is 13.5 Å². The van der Waals surface area contributed by atoms with Crippen molar-refractivity contribution in [2.45, 2.75) is 18.9 Å². The van der Waals surface area contributed by atoms with Crippen LogP contribution in [0.25, 0.3) is 0 Å². The third kappa shape index (κ3) is 3.59. The molecule has 1 rings (SSSR count). The number of benzene rings is 1. The Bertz CT molecular complexity index is 283. The third-order valence-electron chi connectivity index (χ3n) is 1.54. The van der Waals surface area contributed by atoms with E-state index in [2.05, 4.69) is 16.3 Å². The van der Waals surface area contributed by atoms with E-state index >= 15 is 0 Å². The molecule has 0 bridgehead atoms. The van der Waals surface area contributed by atoms with E-state index in [0.29, 0.717) is 0 Å². The second-order valence-electron chi connectivity index (χ2n) is 2.55. The zero-order valence-electron chi connectivity index (χ0n) is 7.06. The molecule has 0 saturated heterocycles. The molecule has 1 aromatic carbocycles. The monoisotopic (exact) mass is 206 g/mol. The van der Waals surface area contributed by atoms with E-state index < -0.39 is 5.57 Å². The Morgan fingerprint density at radius 3 is 2.69 bits per heavy atom. The lowest BCUT2D eigenvalue weighted by molar-refractivity contribution is -0.0965. The van der Waals surface area contributed by atoms with Gasteiger partial charge in [-0.15, -0.1) is 8.78 Å². The summed E-state index contributed by atoms with van der Waals surface area (Å²) in [5, 5.41) is 0. The van der Waals surface area contributed by atoms with Crippen LogP contribution < -0.4 is 4.74 Å². The molecule has 0 aromatic heterocycles. The highest BCUT2D eigenvalue weighted by Crippen LogP contribution is 2.25. The van der Waals surface area contributed by atoms with E-state index in [4.69, 9.17) is 0 Å². The lowest BCUT2D eigenvalue weighted by Gasteiger charge is -2.10. The molecule has 0 fully saturated rings. The molecule has 0 aliphatic carbocycles. The van der Waals surface area contributed by atoms with Gasteiger partial charge in [-0.05, 0) is 24.1 Å². The molecule has 0 radical (unpaired) electrons. The minimum absolute atomic E-state index is 0.0827. The number of ether oxygens (including phenoxy) is 1. The Balaban J connectivity index is 2.78. The van der Waals surface area contributed by atoms with Crippen molar-refractivity contribution in [1.29, 1.82) is 0 Å². The van der Waals surface area contributed by atoms with Gasteiger partial charge in [0.05, 0.1) is 0 Å². The molecule has 4 heteroatoms. The second kappa shape index (κ2) is 3.92. The molecule has 0 saturated carbocycles. The van der Waals surface area contributed by atoms with Crippen LogP contribution in [0.5, 0.6) is 5.75 Å². The summed E-state index contributed by atoms with van der Waals surface area (Å²) in [5.41, 5.74) is -2.70. The van der Waals surface area contributed by atoms with Crippen molar-refractivity contribution in [2.24, 2.45) is 0 Å². The fraction of sp³-hybridized carbons (Fsp3) is 0.333. The average Bonchev–Trinajstić information content (AvgIpc) is 2.01. The zero-order chi connectivity index (χ0) is 9.90. The molecule has 13 heavy (non-hydrogen) atoms. The van der Waals surface area contributed by atoms with Crippen molar-refractivity contribution in [3.8, 4) is 5.75 Å². The maximum absolute atomic E-state index is 12.2. The van der Waals surface area contributed by atoms with Crippen LogP contribution in [0.1, 0.15) is 12.5 Å². The van der Waals surface area contributed by atoms with E-state index in [-0.39, 0.29) is 5.75 Å². The van der Waals surface area contributed by atoms with Crippen molar-refractivity contribution in [3.05, 3.63) is 29.8 Å². The first-order valence-corrected chi connectivity index (χ1v) is 4.24. The van der Waals surface area contributed by atoms with Gasteiger partial charge < -0.3 is 4.74 Å². The van der Waals surface area contributed by atoms with E-state index in [1.807, 2.05) is 13.0 Å². The highest BCUT2D eigenvalue weighted by molar-refractivity contribution is 6.20. The Hall–Kier alpha value is -0.830. The van der Waals surface area contributed by atoms with Gasteiger partial charge in [-0.1, -0.05) is 19.1 Å². The summed E-state index contributed by atoms with van der Waals surface area (Å²) in [4.78, 5) is 0. The fourth-order valence-electron chi connectivity index (χ4n) is 0.963. The number of hydrogen-bond acceptors (Lipinski definition) is 1. The van der Waals surface area contributed by atoms with Crippen molar-refractivity contribution >= 4 is 11.6 Å². The molecule has 0 heterocycles. The Kier molecular flexibility index (Phi) is 3.09. The number of aryl methyl sites for hydroxylation is 1. The van der Waals surface area contributed by atoms with Crippen LogP contribution in [0, 0.1) is 0 Å². The summed E-state index contributed by atoms with van der Waals surface area (Å²) in [6.07, 6.45) is 0.769. The highest BCUT2D eigenvalue weighted by Gasteiger charge is 2.27. The van der Waals surface area contributed by atoms with Gasteiger partial charge in [0.2, 0.25) is 0 Å². The Morgan fingerprint density at radius 1 is 1.46 bits per heavy atom.